The second kappa shape index (κ2) is 5.48. The lowest BCUT2D eigenvalue weighted by molar-refractivity contribution is 0.245. The normalized spacial score (nSPS) is 17.7. The van der Waals surface area contributed by atoms with E-state index in [1.807, 2.05) is 0 Å². The lowest BCUT2D eigenvalue weighted by Gasteiger charge is -2.13. The highest BCUT2D eigenvalue weighted by Crippen LogP contribution is 2.48. The van der Waals surface area contributed by atoms with E-state index in [9.17, 15) is 0 Å². The van der Waals surface area contributed by atoms with Gasteiger partial charge in [-0.2, -0.15) is 0 Å². The van der Waals surface area contributed by atoms with Crippen molar-refractivity contribution in [3.8, 4) is 0 Å². The SMILES string of the molecule is OCCC1(CNCc2cc(Br)c(Br)s2)CC1. The first-order valence-corrected chi connectivity index (χ1v) is 7.81. The van der Waals surface area contributed by atoms with E-state index in [1.54, 1.807) is 11.3 Å². The first-order chi connectivity index (χ1) is 7.65. The Morgan fingerprint density at radius 3 is 2.69 bits per heavy atom. The van der Waals surface area contributed by atoms with Crippen LogP contribution in [-0.2, 0) is 6.54 Å². The molecule has 2 rings (SSSR count). The van der Waals surface area contributed by atoms with Crippen LogP contribution in [0.15, 0.2) is 14.3 Å². The average Bonchev–Trinajstić information content (AvgIpc) is 2.91. The Hall–Kier alpha value is 0.580. The molecule has 0 amide bonds. The van der Waals surface area contributed by atoms with Crippen LogP contribution in [-0.4, -0.2) is 18.3 Å². The predicted molar refractivity (Wildman–Crippen MR) is 74.8 cm³/mol. The number of rotatable bonds is 6. The molecule has 0 unspecified atom stereocenters. The summed E-state index contributed by atoms with van der Waals surface area (Å²) in [5.41, 5.74) is 0.403. The van der Waals surface area contributed by atoms with Crippen LogP contribution in [0.2, 0.25) is 0 Å². The number of hydrogen-bond donors (Lipinski definition) is 2. The van der Waals surface area contributed by atoms with Crippen molar-refractivity contribution in [1.82, 2.24) is 5.32 Å². The molecule has 16 heavy (non-hydrogen) atoms. The van der Waals surface area contributed by atoms with Gasteiger partial charge in [0.1, 0.15) is 0 Å². The van der Waals surface area contributed by atoms with E-state index in [-0.39, 0.29) is 0 Å². The van der Waals surface area contributed by atoms with Crippen LogP contribution in [0.3, 0.4) is 0 Å². The highest BCUT2D eigenvalue weighted by Gasteiger charge is 2.41. The maximum Gasteiger partial charge on any atom is 0.0843 e. The molecule has 0 radical (unpaired) electrons. The summed E-state index contributed by atoms with van der Waals surface area (Å²) in [5, 5.41) is 12.4. The van der Waals surface area contributed by atoms with E-state index in [4.69, 9.17) is 5.11 Å². The second-order valence-electron chi connectivity index (χ2n) is 4.41. The van der Waals surface area contributed by atoms with E-state index in [0.717, 1.165) is 27.8 Å². The molecule has 0 aromatic carbocycles. The third-order valence-electron chi connectivity index (χ3n) is 3.09. The molecule has 1 fully saturated rings. The van der Waals surface area contributed by atoms with Crippen LogP contribution in [0.4, 0.5) is 0 Å². The maximum absolute atomic E-state index is 8.96. The Labute approximate surface area is 117 Å². The smallest absolute Gasteiger partial charge is 0.0843 e. The summed E-state index contributed by atoms with van der Waals surface area (Å²) in [7, 11) is 0. The first kappa shape index (κ1) is 13.0. The highest BCUT2D eigenvalue weighted by atomic mass is 79.9. The van der Waals surface area contributed by atoms with Crippen LogP contribution in [0.5, 0.6) is 0 Å². The Balaban J connectivity index is 1.76. The topological polar surface area (TPSA) is 32.3 Å². The molecule has 5 heteroatoms. The lowest BCUT2D eigenvalue weighted by Crippen LogP contribution is -2.24. The molecular formula is C11H15Br2NOS. The van der Waals surface area contributed by atoms with Gasteiger partial charge in [-0.25, -0.2) is 0 Å². The number of aliphatic hydroxyl groups is 1. The zero-order chi connectivity index (χ0) is 11.6. The van der Waals surface area contributed by atoms with Gasteiger partial charge in [0.25, 0.3) is 0 Å². The fourth-order valence-electron chi connectivity index (χ4n) is 1.86. The molecule has 1 aliphatic rings. The molecule has 0 aliphatic heterocycles. The van der Waals surface area contributed by atoms with Gasteiger partial charge in [-0.05, 0) is 62.6 Å². The number of hydrogen-bond acceptors (Lipinski definition) is 3. The zero-order valence-corrected chi connectivity index (χ0v) is 12.9. The van der Waals surface area contributed by atoms with Crippen LogP contribution < -0.4 is 5.32 Å². The monoisotopic (exact) mass is 367 g/mol. The van der Waals surface area contributed by atoms with Gasteiger partial charge in [0.15, 0.2) is 0 Å². The van der Waals surface area contributed by atoms with Gasteiger partial charge in [0.05, 0.1) is 3.79 Å². The molecule has 0 spiro atoms. The summed E-state index contributed by atoms with van der Waals surface area (Å²) in [4.78, 5) is 1.33. The number of aliphatic hydroxyl groups excluding tert-OH is 1. The Kier molecular flexibility index (Phi) is 4.46. The molecule has 1 saturated carbocycles. The molecule has 1 heterocycles. The lowest BCUT2D eigenvalue weighted by atomic mass is 10.0. The van der Waals surface area contributed by atoms with Crippen molar-refractivity contribution >= 4 is 43.2 Å². The zero-order valence-electron chi connectivity index (χ0n) is 8.93. The Morgan fingerprint density at radius 1 is 1.44 bits per heavy atom. The molecule has 0 atom stereocenters. The van der Waals surface area contributed by atoms with Crippen molar-refractivity contribution in [3.63, 3.8) is 0 Å². The summed E-state index contributed by atoms with van der Waals surface area (Å²) in [6, 6.07) is 2.15. The van der Waals surface area contributed by atoms with Gasteiger partial charge in [0, 0.05) is 29.0 Å². The van der Waals surface area contributed by atoms with Crippen LogP contribution in [0.1, 0.15) is 24.1 Å². The van der Waals surface area contributed by atoms with E-state index in [2.05, 4.69) is 43.2 Å². The molecule has 2 N–H and O–H groups in total. The van der Waals surface area contributed by atoms with Crippen molar-refractivity contribution in [2.24, 2.45) is 5.41 Å². The van der Waals surface area contributed by atoms with Crippen LogP contribution in [0.25, 0.3) is 0 Å². The minimum absolute atomic E-state index is 0.317. The minimum atomic E-state index is 0.317. The van der Waals surface area contributed by atoms with Gasteiger partial charge in [-0.3, -0.25) is 0 Å². The summed E-state index contributed by atoms with van der Waals surface area (Å²) in [6.07, 6.45) is 3.47. The fourth-order valence-corrected chi connectivity index (χ4v) is 4.00. The fraction of sp³-hybridized carbons (Fsp3) is 0.636. The second-order valence-corrected chi connectivity index (χ2v) is 7.72. The van der Waals surface area contributed by atoms with Crippen molar-refractivity contribution in [2.75, 3.05) is 13.2 Å². The van der Waals surface area contributed by atoms with E-state index < -0.39 is 0 Å². The largest absolute Gasteiger partial charge is 0.396 e. The molecule has 0 bridgehead atoms. The first-order valence-electron chi connectivity index (χ1n) is 5.40. The van der Waals surface area contributed by atoms with Gasteiger partial charge in [0.2, 0.25) is 0 Å². The molecule has 1 aliphatic carbocycles. The standard InChI is InChI=1S/C11H15Br2NOS/c12-9-5-8(16-10(9)13)6-14-7-11(1-2-11)3-4-15/h5,14-15H,1-4,6-7H2. The molecule has 1 aromatic rings. The predicted octanol–water partition coefficient (Wildman–Crippen LogP) is 3.53. The van der Waals surface area contributed by atoms with Gasteiger partial charge >= 0.3 is 0 Å². The summed E-state index contributed by atoms with van der Waals surface area (Å²) in [6.45, 7) is 2.26. The quantitative estimate of drug-likeness (QED) is 0.805. The number of nitrogens with one attached hydrogen (secondary N) is 1. The van der Waals surface area contributed by atoms with Crippen molar-refractivity contribution in [1.29, 1.82) is 0 Å². The van der Waals surface area contributed by atoms with Crippen molar-refractivity contribution in [2.45, 2.75) is 25.8 Å². The number of thiophene rings is 1. The van der Waals surface area contributed by atoms with Gasteiger partial charge < -0.3 is 10.4 Å². The summed E-state index contributed by atoms with van der Waals surface area (Å²) >= 11 is 8.74. The average molecular weight is 369 g/mol. The van der Waals surface area contributed by atoms with Crippen molar-refractivity contribution < 1.29 is 5.11 Å². The molecule has 2 nitrogen and oxygen atoms in total. The van der Waals surface area contributed by atoms with Crippen LogP contribution in [0, 0.1) is 5.41 Å². The minimum Gasteiger partial charge on any atom is -0.396 e. The Bertz CT molecular complexity index is 343. The van der Waals surface area contributed by atoms with Gasteiger partial charge in [-0.15, -0.1) is 11.3 Å². The molecule has 90 valence electrons. The Morgan fingerprint density at radius 2 is 2.19 bits per heavy atom. The highest BCUT2D eigenvalue weighted by molar-refractivity contribution is 9.13. The van der Waals surface area contributed by atoms with E-state index in [0.29, 0.717) is 12.0 Å². The maximum atomic E-state index is 8.96. The summed E-state index contributed by atoms with van der Waals surface area (Å²) in [5.74, 6) is 0. The third-order valence-corrected chi connectivity index (χ3v) is 6.35. The molecular weight excluding hydrogens is 354 g/mol. The van der Waals surface area contributed by atoms with E-state index in [1.165, 1.54) is 17.7 Å². The third kappa shape index (κ3) is 3.29. The number of halogens is 2. The van der Waals surface area contributed by atoms with E-state index >= 15 is 0 Å². The molecule has 0 saturated heterocycles. The molecule has 1 aromatic heterocycles. The van der Waals surface area contributed by atoms with Crippen LogP contribution >= 0.6 is 43.2 Å². The summed E-state index contributed by atoms with van der Waals surface area (Å²) < 4.78 is 2.28. The van der Waals surface area contributed by atoms with Gasteiger partial charge in [-0.1, -0.05) is 0 Å². The van der Waals surface area contributed by atoms with Crippen molar-refractivity contribution in [3.05, 3.63) is 19.2 Å².